The van der Waals surface area contributed by atoms with Crippen molar-refractivity contribution in [3.63, 3.8) is 0 Å². The van der Waals surface area contributed by atoms with Crippen LogP contribution in [0.1, 0.15) is 51.5 Å². The molecule has 2 heterocycles. The summed E-state index contributed by atoms with van der Waals surface area (Å²) in [6.45, 7) is 5.58. The molecule has 19 heavy (non-hydrogen) atoms. The normalized spacial score (nSPS) is 24.8. The fourth-order valence-corrected chi connectivity index (χ4v) is 3.66. The van der Waals surface area contributed by atoms with Crippen LogP contribution in [-0.2, 0) is 0 Å². The summed E-state index contributed by atoms with van der Waals surface area (Å²) < 4.78 is 2.44. The van der Waals surface area contributed by atoms with E-state index in [0.717, 1.165) is 13.1 Å². The lowest BCUT2D eigenvalue weighted by atomic mass is 10.1. The Kier molecular flexibility index (Phi) is 4.06. The second kappa shape index (κ2) is 5.95. The van der Waals surface area contributed by atoms with E-state index in [-0.39, 0.29) is 0 Å². The van der Waals surface area contributed by atoms with Crippen molar-refractivity contribution in [1.29, 1.82) is 0 Å². The van der Waals surface area contributed by atoms with Crippen LogP contribution in [0.15, 0.2) is 12.4 Å². The van der Waals surface area contributed by atoms with E-state index in [1.807, 2.05) is 6.20 Å². The molecule has 0 bridgehead atoms. The fourth-order valence-electron chi connectivity index (χ4n) is 3.66. The highest BCUT2D eigenvalue weighted by Crippen LogP contribution is 2.33. The highest BCUT2D eigenvalue weighted by Gasteiger charge is 2.26. The van der Waals surface area contributed by atoms with Crippen molar-refractivity contribution >= 4 is 5.95 Å². The summed E-state index contributed by atoms with van der Waals surface area (Å²) in [5, 5.41) is 3.52. The number of hydrogen-bond acceptors (Lipinski definition) is 3. The lowest BCUT2D eigenvalue weighted by Gasteiger charge is -2.35. The molecule has 106 valence electrons. The first-order chi connectivity index (χ1) is 9.40. The Balaban J connectivity index is 1.80. The van der Waals surface area contributed by atoms with Crippen LogP contribution in [0.2, 0.25) is 0 Å². The molecule has 1 aromatic heterocycles. The van der Waals surface area contributed by atoms with Gasteiger partial charge in [-0.05, 0) is 39.2 Å². The van der Waals surface area contributed by atoms with Gasteiger partial charge in [-0.3, -0.25) is 0 Å². The van der Waals surface area contributed by atoms with Gasteiger partial charge in [-0.2, -0.15) is 0 Å². The Morgan fingerprint density at radius 1 is 1.32 bits per heavy atom. The number of piperidine rings is 1. The lowest BCUT2D eigenvalue weighted by Crippen LogP contribution is -2.47. The zero-order valence-electron chi connectivity index (χ0n) is 12.0. The molecule has 1 aliphatic carbocycles. The van der Waals surface area contributed by atoms with Crippen LogP contribution in [-0.4, -0.2) is 35.2 Å². The number of hydrogen-bond donors (Lipinski definition) is 1. The monoisotopic (exact) mass is 262 g/mol. The average Bonchev–Trinajstić information content (AvgIpc) is 3.11. The van der Waals surface area contributed by atoms with Crippen LogP contribution in [0, 0.1) is 0 Å². The third-order valence-corrected chi connectivity index (χ3v) is 4.68. The van der Waals surface area contributed by atoms with Gasteiger partial charge in [-0.25, -0.2) is 4.98 Å². The second-order valence-corrected chi connectivity index (χ2v) is 5.86. The molecule has 1 aromatic rings. The first-order valence-electron chi connectivity index (χ1n) is 7.90. The van der Waals surface area contributed by atoms with Crippen molar-refractivity contribution in [2.24, 2.45) is 0 Å². The number of aromatic nitrogens is 2. The summed E-state index contributed by atoms with van der Waals surface area (Å²) in [4.78, 5) is 7.17. The van der Waals surface area contributed by atoms with E-state index < -0.39 is 0 Å². The minimum atomic E-state index is 0.612. The summed E-state index contributed by atoms with van der Waals surface area (Å²) in [6.07, 6.45) is 12.1. The molecule has 1 N–H and O–H groups in total. The summed E-state index contributed by atoms with van der Waals surface area (Å²) in [6, 6.07) is 1.30. The van der Waals surface area contributed by atoms with E-state index in [0.29, 0.717) is 12.1 Å². The van der Waals surface area contributed by atoms with Gasteiger partial charge in [0, 0.05) is 37.6 Å². The SMILES string of the molecule is CCN(c1nccn1C1CCCC1)C1CCCNC1. The smallest absolute Gasteiger partial charge is 0.205 e. The van der Waals surface area contributed by atoms with Gasteiger partial charge in [0.25, 0.3) is 0 Å². The first-order valence-corrected chi connectivity index (χ1v) is 7.90. The van der Waals surface area contributed by atoms with Crippen molar-refractivity contribution in [2.45, 2.75) is 57.5 Å². The average molecular weight is 262 g/mol. The number of nitrogens with zero attached hydrogens (tertiary/aromatic N) is 3. The van der Waals surface area contributed by atoms with Crippen LogP contribution in [0.25, 0.3) is 0 Å². The van der Waals surface area contributed by atoms with E-state index in [4.69, 9.17) is 0 Å². The maximum atomic E-state index is 4.67. The van der Waals surface area contributed by atoms with E-state index in [2.05, 4.69) is 32.9 Å². The summed E-state index contributed by atoms with van der Waals surface area (Å²) in [5.74, 6) is 1.20. The Labute approximate surface area is 116 Å². The van der Waals surface area contributed by atoms with Gasteiger partial charge >= 0.3 is 0 Å². The van der Waals surface area contributed by atoms with E-state index in [1.54, 1.807) is 0 Å². The van der Waals surface area contributed by atoms with E-state index in [1.165, 1.54) is 51.0 Å². The highest BCUT2D eigenvalue weighted by atomic mass is 15.3. The molecule has 2 fully saturated rings. The predicted octanol–water partition coefficient (Wildman–Crippen LogP) is 2.58. The van der Waals surface area contributed by atoms with Gasteiger partial charge in [-0.1, -0.05) is 12.8 Å². The zero-order valence-corrected chi connectivity index (χ0v) is 12.0. The third kappa shape index (κ3) is 2.64. The van der Waals surface area contributed by atoms with Crippen molar-refractivity contribution < 1.29 is 0 Å². The number of imidazole rings is 1. The molecule has 2 aliphatic rings. The van der Waals surface area contributed by atoms with Crippen molar-refractivity contribution in [2.75, 3.05) is 24.5 Å². The Bertz CT molecular complexity index is 389. The molecule has 1 saturated heterocycles. The van der Waals surface area contributed by atoms with Crippen LogP contribution in [0.5, 0.6) is 0 Å². The summed E-state index contributed by atoms with van der Waals surface area (Å²) in [7, 11) is 0. The van der Waals surface area contributed by atoms with Crippen molar-refractivity contribution in [1.82, 2.24) is 14.9 Å². The van der Waals surface area contributed by atoms with Gasteiger partial charge < -0.3 is 14.8 Å². The number of anilines is 1. The summed E-state index contributed by atoms with van der Waals surface area (Å²) in [5.41, 5.74) is 0. The first kappa shape index (κ1) is 13.0. The van der Waals surface area contributed by atoms with Gasteiger partial charge in [0.2, 0.25) is 5.95 Å². The fraction of sp³-hybridized carbons (Fsp3) is 0.800. The van der Waals surface area contributed by atoms with E-state index in [9.17, 15) is 0 Å². The number of nitrogens with one attached hydrogen (secondary N) is 1. The molecule has 0 spiro atoms. The van der Waals surface area contributed by atoms with Crippen LogP contribution in [0.4, 0.5) is 5.95 Å². The predicted molar refractivity (Wildman–Crippen MR) is 78.6 cm³/mol. The van der Waals surface area contributed by atoms with Gasteiger partial charge in [-0.15, -0.1) is 0 Å². The van der Waals surface area contributed by atoms with Crippen molar-refractivity contribution in [3.05, 3.63) is 12.4 Å². The topological polar surface area (TPSA) is 33.1 Å². The number of likely N-dealkylation sites (N-methyl/N-ethyl adjacent to an activating group) is 1. The molecule has 1 unspecified atom stereocenters. The molecule has 1 aliphatic heterocycles. The molecular formula is C15H26N4. The number of rotatable bonds is 4. The molecule has 1 saturated carbocycles. The largest absolute Gasteiger partial charge is 0.338 e. The third-order valence-electron chi connectivity index (χ3n) is 4.68. The molecule has 1 atom stereocenters. The van der Waals surface area contributed by atoms with Gasteiger partial charge in [0.15, 0.2) is 0 Å². The lowest BCUT2D eigenvalue weighted by molar-refractivity contribution is 0.420. The molecule has 3 rings (SSSR count). The Hall–Kier alpha value is -1.03. The van der Waals surface area contributed by atoms with E-state index >= 15 is 0 Å². The zero-order chi connectivity index (χ0) is 13.1. The molecule has 0 radical (unpaired) electrons. The van der Waals surface area contributed by atoms with Crippen LogP contribution in [0.3, 0.4) is 0 Å². The van der Waals surface area contributed by atoms with Crippen LogP contribution >= 0.6 is 0 Å². The Morgan fingerprint density at radius 3 is 2.84 bits per heavy atom. The molecular weight excluding hydrogens is 236 g/mol. The summed E-state index contributed by atoms with van der Waals surface area (Å²) >= 11 is 0. The molecule has 4 heteroatoms. The highest BCUT2D eigenvalue weighted by molar-refractivity contribution is 5.34. The van der Waals surface area contributed by atoms with Crippen LogP contribution < -0.4 is 10.2 Å². The standard InChI is InChI=1S/C15H26N4/c1-2-18(14-8-5-9-16-12-14)15-17-10-11-19(15)13-6-3-4-7-13/h10-11,13-14,16H,2-9,12H2,1H3. The molecule has 4 nitrogen and oxygen atoms in total. The second-order valence-electron chi connectivity index (χ2n) is 5.86. The molecule has 0 amide bonds. The molecule has 0 aromatic carbocycles. The quantitative estimate of drug-likeness (QED) is 0.905. The maximum Gasteiger partial charge on any atom is 0.205 e. The Morgan fingerprint density at radius 2 is 2.16 bits per heavy atom. The minimum absolute atomic E-state index is 0.612. The minimum Gasteiger partial charge on any atom is -0.338 e. The van der Waals surface area contributed by atoms with Gasteiger partial charge in [0.05, 0.1) is 0 Å². The van der Waals surface area contributed by atoms with Crippen molar-refractivity contribution in [3.8, 4) is 0 Å². The van der Waals surface area contributed by atoms with Gasteiger partial charge in [0.1, 0.15) is 0 Å². The maximum absolute atomic E-state index is 4.67.